The molecule has 1 aromatic rings. The minimum atomic E-state index is -1.34. The fraction of sp³-hybridized carbons (Fsp3) is 0.400. The van der Waals surface area contributed by atoms with Crippen molar-refractivity contribution in [2.75, 3.05) is 19.8 Å². The number of hydrogen-bond acceptors (Lipinski definition) is 7. The number of nitrogens with two attached hydrogens (primary N) is 1. The Kier molecular flexibility index (Phi) is 8.41. The normalized spacial score (nSPS) is 14.5. The first-order chi connectivity index (χ1) is 15.1. The average molecular weight is 448 g/mol. The molecule has 0 saturated heterocycles. The van der Waals surface area contributed by atoms with Crippen LogP contribution in [0, 0.1) is 0 Å². The van der Waals surface area contributed by atoms with Crippen LogP contribution in [0.15, 0.2) is 24.3 Å². The smallest absolute Gasteiger partial charge is 0.326 e. The van der Waals surface area contributed by atoms with Crippen molar-refractivity contribution in [1.29, 1.82) is 0 Å². The van der Waals surface area contributed by atoms with E-state index in [0.717, 1.165) is 4.90 Å². The van der Waals surface area contributed by atoms with E-state index in [4.69, 9.17) is 15.6 Å². The number of nitrogens with zero attached hydrogens (tertiary/aromatic N) is 1. The van der Waals surface area contributed by atoms with E-state index in [1.54, 1.807) is 24.3 Å². The number of ether oxygens (including phenoxy) is 1. The summed E-state index contributed by atoms with van der Waals surface area (Å²) < 4.78 is 5.18. The summed E-state index contributed by atoms with van der Waals surface area (Å²) in [4.78, 5) is 71.5. The van der Waals surface area contributed by atoms with Crippen LogP contribution in [0.1, 0.15) is 40.5 Å². The summed E-state index contributed by atoms with van der Waals surface area (Å²) in [6.07, 6.45) is -0.406. The summed E-state index contributed by atoms with van der Waals surface area (Å²) in [5.74, 6) is -4.33. The van der Waals surface area contributed by atoms with Gasteiger partial charge in [-0.2, -0.15) is 0 Å². The molecule has 12 nitrogen and oxygen atoms in total. The molecule has 5 amide bonds. The molecule has 0 saturated carbocycles. The van der Waals surface area contributed by atoms with Crippen LogP contribution < -0.4 is 16.4 Å². The van der Waals surface area contributed by atoms with Crippen LogP contribution in [0.4, 0.5) is 0 Å². The molecule has 0 aliphatic carbocycles. The Morgan fingerprint density at radius 1 is 1.09 bits per heavy atom. The van der Waals surface area contributed by atoms with Gasteiger partial charge < -0.3 is 26.2 Å². The molecule has 0 unspecified atom stereocenters. The highest BCUT2D eigenvalue weighted by Gasteiger charge is 2.34. The Hall–Kier alpha value is -3.80. The van der Waals surface area contributed by atoms with Crippen LogP contribution in [0.3, 0.4) is 0 Å². The Balaban J connectivity index is 1.73. The van der Waals surface area contributed by atoms with Crippen LogP contribution in [0.25, 0.3) is 0 Å². The number of carbonyl (C=O) groups is 6. The second-order valence-electron chi connectivity index (χ2n) is 7.05. The van der Waals surface area contributed by atoms with Crippen molar-refractivity contribution in [3.8, 4) is 0 Å². The van der Waals surface area contributed by atoms with Crippen molar-refractivity contribution < 1.29 is 38.6 Å². The van der Waals surface area contributed by atoms with Gasteiger partial charge in [0.25, 0.3) is 11.8 Å². The maximum atomic E-state index is 12.2. The number of rotatable bonds is 12. The zero-order chi connectivity index (χ0) is 23.8. The summed E-state index contributed by atoms with van der Waals surface area (Å²) in [6.45, 7) is 0.771. The van der Waals surface area contributed by atoms with Crippen LogP contribution in [0.2, 0.25) is 0 Å². The fourth-order valence-corrected chi connectivity index (χ4v) is 2.95. The maximum Gasteiger partial charge on any atom is 0.326 e. The SMILES string of the molecule is C[C@H](NC(=O)COCCN1C(=O)c2ccccc2C1=O)C(=O)N[C@H](CCC(N)=O)C(=O)O. The number of nitrogens with one attached hydrogen (secondary N) is 2. The first kappa shape index (κ1) is 24.5. The van der Waals surface area contributed by atoms with E-state index in [-0.39, 0.29) is 26.0 Å². The van der Waals surface area contributed by atoms with E-state index in [1.807, 2.05) is 0 Å². The van der Waals surface area contributed by atoms with E-state index < -0.39 is 54.2 Å². The number of fused-ring (bicyclic) bond motifs is 1. The summed E-state index contributed by atoms with van der Waals surface area (Å²) in [5, 5.41) is 13.7. The minimum Gasteiger partial charge on any atom is -0.480 e. The van der Waals surface area contributed by atoms with Gasteiger partial charge in [0.2, 0.25) is 17.7 Å². The summed E-state index contributed by atoms with van der Waals surface area (Å²) in [7, 11) is 0. The lowest BCUT2D eigenvalue weighted by Crippen LogP contribution is -2.51. The zero-order valence-corrected chi connectivity index (χ0v) is 17.3. The quantitative estimate of drug-likeness (QED) is 0.223. The van der Waals surface area contributed by atoms with Gasteiger partial charge in [-0.3, -0.25) is 28.9 Å². The van der Waals surface area contributed by atoms with Gasteiger partial charge in [-0.25, -0.2) is 4.79 Å². The van der Waals surface area contributed by atoms with E-state index in [9.17, 15) is 28.8 Å². The molecule has 0 spiro atoms. The predicted octanol–water partition coefficient (Wildman–Crippen LogP) is -1.36. The van der Waals surface area contributed by atoms with Gasteiger partial charge in [0.15, 0.2) is 0 Å². The molecule has 1 aliphatic heterocycles. The third kappa shape index (κ3) is 6.35. The molecule has 1 heterocycles. The molecule has 2 rings (SSSR count). The van der Waals surface area contributed by atoms with Crippen molar-refractivity contribution in [2.45, 2.75) is 31.8 Å². The number of amides is 5. The fourth-order valence-electron chi connectivity index (χ4n) is 2.95. The van der Waals surface area contributed by atoms with Crippen molar-refractivity contribution in [2.24, 2.45) is 5.73 Å². The lowest BCUT2D eigenvalue weighted by atomic mass is 10.1. The molecule has 12 heteroatoms. The highest BCUT2D eigenvalue weighted by atomic mass is 16.5. The van der Waals surface area contributed by atoms with Gasteiger partial charge in [-0.15, -0.1) is 0 Å². The van der Waals surface area contributed by atoms with Gasteiger partial charge in [0.1, 0.15) is 18.7 Å². The molecule has 0 fully saturated rings. The number of carboxylic acid groups (broad SMARTS) is 1. The van der Waals surface area contributed by atoms with Gasteiger partial charge in [0.05, 0.1) is 24.3 Å². The maximum absolute atomic E-state index is 12.2. The number of aliphatic carboxylic acids is 1. The van der Waals surface area contributed by atoms with Crippen molar-refractivity contribution in [1.82, 2.24) is 15.5 Å². The number of primary amides is 1. The standard InChI is InChI=1S/C20H24N4O8/c1-11(17(27)23-14(20(30)31)6-7-15(21)25)22-16(26)10-32-9-8-24-18(28)12-4-2-3-5-13(12)19(24)29/h2-5,11,14H,6-10H2,1H3,(H2,21,25)(H,22,26)(H,23,27)(H,30,31)/t11-,14+/m0/s1. The molecular formula is C20H24N4O8. The zero-order valence-electron chi connectivity index (χ0n) is 17.3. The second-order valence-corrected chi connectivity index (χ2v) is 7.05. The summed E-state index contributed by atoms with van der Waals surface area (Å²) >= 11 is 0. The molecular weight excluding hydrogens is 424 g/mol. The molecule has 32 heavy (non-hydrogen) atoms. The Morgan fingerprint density at radius 2 is 1.69 bits per heavy atom. The molecule has 2 atom stereocenters. The van der Waals surface area contributed by atoms with E-state index >= 15 is 0 Å². The predicted molar refractivity (Wildman–Crippen MR) is 108 cm³/mol. The number of hydrogen-bond donors (Lipinski definition) is 4. The average Bonchev–Trinajstić information content (AvgIpc) is 2.98. The van der Waals surface area contributed by atoms with E-state index in [1.165, 1.54) is 6.92 Å². The lowest BCUT2D eigenvalue weighted by molar-refractivity contribution is -0.142. The van der Waals surface area contributed by atoms with Crippen LogP contribution >= 0.6 is 0 Å². The van der Waals surface area contributed by atoms with E-state index in [0.29, 0.717) is 11.1 Å². The number of carboxylic acids is 1. The topological polar surface area (TPSA) is 185 Å². The molecule has 0 aromatic heterocycles. The monoisotopic (exact) mass is 448 g/mol. The van der Waals surface area contributed by atoms with Crippen LogP contribution in [-0.4, -0.2) is 77.4 Å². The number of carbonyl (C=O) groups excluding carboxylic acids is 5. The third-order valence-electron chi connectivity index (χ3n) is 4.64. The van der Waals surface area contributed by atoms with Crippen LogP contribution in [-0.2, 0) is 23.9 Å². The lowest BCUT2D eigenvalue weighted by Gasteiger charge is -2.18. The summed E-state index contributed by atoms with van der Waals surface area (Å²) in [5.41, 5.74) is 5.60. The first-order valence-electron chi connectivity index (χ1n) is 9.75. The highest BCUT2D eigenvalue weighted by Crippen LogP contribution is 2.21. The first-order valence-corrected chi connectivity index (χ1v) is 9.75. The Bertz CT molecular complexity index is 897. The largest absolute Gasteiger partial charge is 0.480 e. The van der Waals surface area contributed by atoms with Crippen molar-refractivity contribution >= 4 is 35.5 Å². The van der Waals surface area contributed by atoms with Crippen LogP contribution in [0.5, 0.6) is 0 Å². The van der Waals surface area contributed by atoms with Crippen molar-refractivity contribution in [3.63, 3.8) is 0 Å². The Labute approximate surface area is 183 Å². The molecule has 1 aromatic carbocycles. The third-order valence-corrected chi connectivity index (χ3v) is 4.64. The number of benzene rings is 1. The van der Waals surface area contributed by atoms with Crippen molar-refractivity contribution in [3.05, 3.63) is 35.4 Å². The molecule has 5 N–H and O–H groups in total. The van der Waals surface area contributed by atoms with Gasteiger partial charge >= 0.3 is 5.97 Å². The molecule has 1 aliphatic rings. The number of imide groups is 1. The van der Waals surface area contributed by atoms with Gasteiger partial charge in [0, 0.05) is 6.42 Å². The summed E-state index contributed by atoms with van der Waals surface area (Å²) in [6, 6.07) is 4.02. The molecule has 0 bridgehead atoms. The second kappa shape index (κ2) is 11.0. The molecule has 0 radical (unpaired) electrons. The van der Waals surface area contributed by atoms with Gasteiger partial charge in [-0.1, -0.05) is 12.1 Å². The molecule has 172 valence electrons. The van der Waals surface area contributed by atoms with E-state index in [2.05, 4.69) is 10.6 Å². The Morgan fingerprint density at radius 3 is 2.22 bits per heavy atom. The highest BCUT2D eigenvalue weighted by molar-refractivity contribution is 6.21. The minimum absolute atomic E-state index is 0.0458. The van der Waals surface area contributed by atoms with Gasteiger partial charge in [-0.05, 0) is 25.5 Å².